The van der Waals surface area contributed by atoms with Gasteiger partial charge in [-0.25, -0.2) is 4.79 Å². The van der Waals surface area contributed by atoms with Crippen LogP contribution in [-0.4, -0.2) is 37.1 Å². The molecule has 1 aliphatic heterocycles. The highest BCUT2D eigenvalue weighted by Gasteiger charge is 2.42. The number of hydrogen-bond donors (Lipinski definition) is 2. The fourth-order valence-corrected chi connectivity index (χ4v) is 3.20. The monoisotopic (exact) mass is 304 g/mol. The van der Waals surface area contributed by atoms with Crippen LogP contribution in [-0.2, 0) is 14.3 Å². The molecule has 2 aliphatic rings. The number of rotatable bonds is 4. The molecule has 0 spiro atoms. The van der Waals surface area contributed by atoms with E-state index in [9.17, 15) is 9.59 Å². The molecule has 0 aromatic heterocycles. The number of carbonyl (C=O) groups excluding carboxylic acids is 2. The van der Waals surface area contributed by atoms with Crippen LogP contribution in [0.4, 0.5) is 0 Å². The first-order chi connectivity index (χ1) is 9.16. The molecule has 0 radical (unpaired) electrons. The second kappa shape index (κ2) is 7.84. The standard InChI is InChI=1S/C14H24N2O3.ClH/c1-19-13(18)14(7-3-2-4-8-14)16-12(17)10-11-6-5-9-15-11;/h11,15H,2-10H2,1H3,(H,16,17);1H. The van der Waals surface area contributed by atoms with E-state index in [4.69, 9.17) is 4.74 Å². The van der Waals surface area contributed by atoms with Gasteiger partial charge in [0.2, 0.25) is 5.91 Å². The van der Waals surface area contributed by atoms with Crippen molar-refractivity contribution in [1.29, 1.82) is 0 Å². The summed E-state index contributed by atoms with van der Waals surface area (Å²) < 4.78 is 4.89. The lowest BCUT2D eigenvalue weighted by Gasteiger charge is -2.35. The van der Waals surface area contributed by atoms with Crippen LogP contribution < -0.4 is 10.6 Å². The molecule has 1 heterocycles. The molecular formula is C14H25ClN2O3. The third-order valence-electron chi connectivity index (χ3n) is 4.26. The maximum absolute atomic E-state index is 12.1. The van der Waals surface area contributed by atoms with Gasteiger partial charge in [0.05, 0.1) is 7.11 Å². The minimum Gasteiger partial charge on any atom is -0.467 e. The average molecular weight is 305 g/mol. The van der Waals surface area contributed by atoms with E-state index in [1.807, 2.05) is 0 Å². The highest BCUT2D eigenvalue weighted by atomic mass is 35.5. The normalized spacial score (nSPS) is 24.6. The van der Waals surface area contributed by atoms with E-state index < -0.39 is 5.54 Å². The van der Waals surface area contributed by atoms with E-state index in [1.165, 1.54) is 7.11 Å². The summed E-state index contributed by atoms with van der Waals surface area (Å²) in [7, 11) is 1.39. The van der Waals surface area contributed by atoms with E-state index in [0.717, 1.165) is 38.6 Å². The topological polar surface area (TPSA) is 67.4 Å². The Hall–Kier alpha value is -0.810. The van der Waals surface area contributed by atoms with Crippen molar-refractivity contribution < 1.29 is 14.3 Å². The Balaban J connectivity index is 0.00000200. The molecule has 20 heavy (non-hydrogen) atoms. The number of methoxy groups -OCH3 is 1. The van der Waals surface area contributed by atoms with Crippen molar-refractivity contribution in [3.05, 3.63) is 0 Å². The van der Waals surface area contributed by atoms with Crippen LogP contribution in [0.1, 0.15) is 51.4 Å². The van der Waals surface area contributed by atoms with E-state index >= 15 is 0 Å². The number of esters is 1. The van der Waals surface area contributed by atoms with Crippen LogP contribution in [0.25, 0.3) is 0 Å². The molecule has 5 nitrogen and oxygen atoms in total. The lowest BCUT2D eigenvalue weighted by Crippen LogP contribution is -2.56. The number of amides is 1. The van der Waals surface area contributed by atoms with Gasteiger partial charge in [-0.2, -0.15) is 0 Å². The van der Waals surface area contributed by atoms with Crippen molar-refractivity contribution in [2.75, 3.05) is 13.7 Å². The van der Waals surface area contributed by atoms with Crippen molar-refractivity contribution in [2.45, 2.75) is 62.9 Å². The van der Waals surface area contributed by atoms with E-state index in [0.29, 0.717) is 19.3 Å². The largest absolute Gasteiger partial charge is 0.467 e. The molecule has 0 aromatic rings. The molecule has 6 heteroatoms. The van der Waals surface area contributed by atoms with Crippen LogP contribution >= 0.6 is 12.4 Å². The first-order valence-electron chi connectivity index (χ1n) is 7.29. The molecule has 0 bridgehead atoms. The molecular weight excluding hydrogens is 280 g/mol. The molecule has 1 aliphatic carbocycles. The highest BCUT2D eigenvalue weighted by molar-refractivity contribution is 5.88. The Kier molecular flexibility index (Phi) is 6.76. The second-order valence-corrected chi connectivity index (χ2v) is 5.68. The van der Waals surface area contributed by atoms with Crippen LogP contribution in [0.15, 0.2) is 0 Å². The minimum absolute atomic E-state index is 0. The smallest absolute Gasteiger partial charge is 0.331 e. The average Bonchev–Trinajstić information content (AvgIpc) is 2.91. The summed E-state index contributed by atoms with van der Waals surface area (Å²) in [6, 6.07) is 0.262. The van der Waals surface area contributed by atoms with Crippen molar-refractivity contribution in [2.24, 2.45) is 0 Å². The van der Waals surface area contributed by atoms with Crippen molar-refractivity contribution in [3.8, 4) is 0 Å². The van der Waals surface area contributed by atoms with E-state index in [2.05, 4.69) is 10.6 Å². The molecule has 1 saturated carbocycles. The van der Waals surface area contributed by atoms with Crippen molar-refractivity contribution in [3.63, 3.8) is 0 Å². The number of carbonyl (C=O) groups is 2. The van der Waals surface area contributed by atoms with Crippen LogP contribution in [0.5, 0.6) is 0 Å². The summed E-state index contributed by atoms with van der Waals surface area (Å²) >= 11 is 0. The molecule has 116 valence electrons. The summed E-state index contributed by atoms with van der Waals surface area (Å²) in [5, 5.41) is 6.26. The second-order valence-electron chi connectivity index (χ2n) is 5.68. The SMILES string of the molecule is COC(=O)C1(NC(=O)CC2CCCN2)CCCCC1.Cl. The van der Waals surface area contributed by atoms with Crippen LogP contribution in [0.2, 0.25) is 0 Å². The zero-order chi connectivity index (χ0) is 13.7. The van der Waals surface area contributed by atoms with Crippen molar-refractivity contribution in [1.82, 2.24) is 10.6 Å². The van der Waals surface area contributed by atoms with Gasteiger partial charge < -0.3 is 15.4 Å². The molecule has 2 fully saturated rings. The number of halogens is 1. The maximum atomic E-state index is 12.1. The number of nitrogens with one attached hydrogen (secondary N) is 2. The van der Waals surface area contributed by atoms with Crippen LogP contribution in [0.3, 0.4) is 0 Å². The van der Waals surface area contributed by atoms with Gasteiger partial charge in [-0.15, -0.1) is 12.4 Å². The molecule has 1 amide bonds. The molecule has 1 saturated heterocycles. The van der Waals surface area contributed by atoms with Crippen LogP contribution in [0, 0.1) is 0 Å². The number of hydrogen-bond acceptors (Lipinski definition) is 4. The van der Waals surface area contributed by atoms with Gasteiger partial charge in [-0.3, -0.25) is 4.79 Å². The Labute approximate surface area is 126 Å². The van der Waals surface area contributed by atoms with Gasteiger partial charge >= 0.3 is 5.97 Å². The minimum atomic E-state index is -0.775. The summed E-state index contributed by atoms with van der Waals surface area (Å²) in [6.07, 6.45) is 7.08. The third kappa shape index (κ3) is 4.09. The van der Waals surface area contributed by atoms with Gasteiger partial charge in [-0.05, 0) is 32.2 Å². The summed E-state index contributed by atoms with van der Waals surface area (Å²) in [6.45, 7) is 0.986. The maximum Gasteiger partial charge on any atom is 0.331 e. The van der Waals surface area contributed by atoms with Gasteiger partial charge in [0.1, 0.15) is 5.54 Å². The first-order valence-corrected chi connectivity index (χ1v) is 7.29. The van der Waals surface area contributed by atoms with Gasteiger partial charge in [0, 0.05) is 12.5 Å². The summed E-state index contributed by atoms with van der Waals surface area (Å²) in [4.78, 5) is 24.1. The quantitative estimate of drug-likeness (QED) is 0.773. The third-order valence-corrected chi connectivity index (χ3v) is 4.26. The van der Waals surface area contributed by atoms with E-state index in [-0.39, 0.29) is 30.3 Å². The fourth-order valence-electron chi connectivity index (χ4n) is 3.20. The predicted molar refractivity (Wildman–Crippen MR) is 78.9 cm³/mol. The predicted octanol–water partition coefficient (Wildman–Crippen LogP) is 1.54. The fraction of sp³-hybridized carbons (Fsp3) is 0.857. The Morgan fingerprint density at radius 2 is 1.95 bits per heavy atom. The molecule has 0 aromatic carbocycles. The highest BCUT2D eigenvalue weighted by Crippen LogP contribution is 2.29. The van der Waals surface area contributed by atoms with Gasteiger partial charge in [-0.1, -0.05) is 19.3 Å². The first kappa shape index (κ1) is 17.2. The van der Waals surface area contributed by atoms with E-state index in [1.54, 1.807) is 0 Å². The Bertz CT molecular complexity index is 337. The molecule has 1 unspecified atom stereocenters. The van der Waals surface area contributed by atoms with Gasteiger partial charge in [0.25, 0.3) is 0 Å². The number of ether oxygens (including phenoxy) is 1. The molecule has 1 atom stereocenters. The lowest BCUT2D eigenvalue weighted by atomic mass is 9.81. The summed E-state index contributed by atoms with van der Waals surface area (Å²) in [5.74, 6) is -0.327. The zero-order valence-electron chi connectivity index (χ0n) is 12.1. The Morgan fingerprint density at radius 3 is 2.50 bits per heavy atom. The zero-order valence-corrected chi connectivity index (χ0v) is 12.9. The molecule has 2 N–H and O–H groups in total. The molecule has 2 rings (SSSR count). The van der Waals surface area contributed by atoms with Gasteiger partial charge in [0.15, 0.2) is 0 Å². The summed E-state index contributed by atoms with van der Waals surface area (Å²) in [5.41, 5.74) is -0.775. The Morgan fingerprint density at radius 1 is 1.25 bits per heavy atom. The van der Waals surface area contributed by atoms with Crippen molar-refractivity contribution >= 4 is 24.3 Å². The lowest BCUT2D eigenvalue weighted by molar-refractivity contribution is -0.152.